The van der Waals surface area contributed by atoms with Crippen LogP contribution in [0.15, 0.2) is 48.6 Å². The van der Waals surface area contributed by atoms with Crippen molar-refractivity contribution in [3.8, 4) is 0 Å². The van der Waals surface area contributed by atoms with Gasteiger partial charge in [0.25, 0.3) is 0 Å². The highest BCUT2D eigenvalue weighted by molar-refractivity contribution is 5.76. The van der Waals surface area contributed by atoms with E-state index in [1.165, 1.54) is 295 Å². The van der Waals surface area contributed by atoms with Crippen molar-refractivity contribution in [1.29, 1.82) is 0 Å². The van der Waals surface area contributed by atoms with E-state index in [9.17, 15) is 20.1 Å². The van der Waals surface area contributed by atoms with Crippen molar-refractivity contribution in [1.82, 2.24) is 5.32 Å². The van der Waals surface area contributed by atoms with Crippen molar-refractivity contribution < 1.29 is 20.1 Å². The fraction of sp³-hybridized carbons (Fsp3) is 0.870. The van der Waals surface area contributed by atoms with Crippen molar-refractivity contribution in [3.05, 3.63) is 48.6 Å². The second kappa shape index (κ2) is 63.8. The number of carbonyl (C=O) groups excluding carboxylic acids is 1. The SMILES string of the molecule is CCCCCCCCCCCCCC/C=C/CC/C=C/CC/C=C/C(O)C(CO)NC(=O)CC(O)CCCCCCCCCCCCCCCCC/C=C\CCCCCCCCCCCCCCCCCCCC. The van der Waals surface area contributed by atoms with Crippen molar-refractivity contribution in [2.75, 3.05) is 6.61 Å². The van der Waals surface area contributed by atoms with Gasteiger partial charge in [0.2, 0.25) is 5.91 Å². The summed E-state index contributed by atoms with van der Waals surface area (Å²) in [5, 5.41) is 33.5. The number of aliphatic hydroxyl groups is 3. The van der Waals surface area contributed by atoms with E-state index in [1.54, 1.807) is 6.08 Å². The van der Waals surface area contributed by atoms with Gasteiger partial charge in [-0.1, -0.05) is 332 Å². The highest BCUT2D eigenvalue weighted by Crippen LogP contribution is 2.18. The normalized spacial score (nSPS) is 13.4. The zero-order chi connectivity index (χ0) is 53.6. The van der Waals surface area contributed by atoms with E-state index in [-0.39, 0.29) is 18.9 Å². The van der Waals surface area contributed by atoms with Crippen LogP contribution in [0.1, 0.15) is 361 Å². The Kier molecular flexibility index (Phi) is 62.4. The van der Waals surface area contributed by atoms with Gasteiger partial charge in [-0.3, -0.25) is 4.79 Å². The van der Waals surface area contributed by atoms with Gasteiger partial charge in [0.15, 0.2) is 0 Å². The molecule has 0 saturated heterocycles. The highest BCUT2D eigenvalue weighted by atomic mass is 16.3. The van der Waals surface area contributed by atoms with Crippen molar-refractivity contribution in [2.45, 2.75) is 379 Å². The smallest absolute Gasteiger partial charge is 0.222 e. The van der Waals surface area contributed by atoms with Crippen LogP contribution in [0.3, 0.4) is 0 Å². The zero-order valence-electron chi connectivity index (χ0n) is 50.0. The molecule has 0 aromatic heterocycles. The Morgan fingerprint density at radius 3 is 0.865 bits per heavy atom. The molecule has 74 heavy (non-hydrogen) atoms. The average molecular weight is 1040 g/mol. The Hall–Kier alpha value is -1.69. The van der Waals surface area contributed by atoms with Crippen molar-refractivity contribution in [2.24, 2.45) is 0 Å². The van der Waals surface area contributed by atoms with Crippen LogP contribution in [-0.2, 0) is 4.79 Å². The predicted octanol–water partition coefficient (Wildman–Crippen LogP) is 21.5. The average Bonchev–Trinajstić information content (AvgIpc) is 3.40. The van der Waals surface area contributed by atoms with Gasteiger partial charge in [-0.25, -0.2) is 0 Å². The van der Waals surface area contributed by atoms with E-state index in [1.807, 2.05) is 6.08 Å². The molecule has 0 rings (SSSR count). The molecule has 436 valence electrons. The highest BCUT2D eigenvalue weighted by Gasteiger charge is 2.20. The molecule has 3 atom stereocenters. The summed E-state index contributed by atoms with van der Waals surface area (Å²) in [7, 11) is 0. The van der Waals surface area contributed by atoms with E-state index >= 15 is 0 Å². The molecule has 0 bridgehead atoms. The van der Waals surface area contributed by atoms with Gasteiger partial charge in [-0.2, -0.15) is 0 Å². The molecular weight excluding hydrogens is 907 g/mol. The molecule has 1 amide bonds. The van der Waals surface area contributed by atoms with Gasteiger partial charge in [0.05, 0.1) is 31.3 Å². The first-order chi connectivity index (χ1) is 36.5. The van der Waals surface area contributed by atoms with E-state index in [4.69, 9.17) is 0 Å². The summed E-state index contributed by atoms with van der Waals surface area (Å²) < 4.78 is 0. The van der Waals surface area contributed by atoms with Crippen LogP contribution in [0.5, 0.6) is 0 Å². The summed E-state index contributed by atoms with van der Waals surface area (Å²) in [6, 6.07) is -0.770. The first-order valence-electron chi connectivity index (χ1n) is 33.4. The lowest BCUT2D eigenvalue weighted by molar-refractivity contribution is -0.124. The molecule has 4 N–H and O–H groups in total. The quantitative estimate of drug-likeness (QED) is 0.0361. The maximum absolute atomic E-state index is 12.6. The van der Waals surface area contributed by atoms with E-state index in [0.717, 1.165) is 38.5 Å². The summed E-state index contributed by atoms with van der Waals surface area (Å²) in [6.45, 7) is 4.24. The number of unbranched alkanes of at least 4 members (excludes halogenated alkanes) is 47. The minimum absolute atomic E-state index is 0.00359. The first kappa shape index (κ1) is 72.3. The lowest BCUT2D eigenvalue weighted by Crippen LogP contribution is -2.45. The van der Waals surface area contributed by atoms with Crippen LogP contribution in [0.2, 0.25) is 0 Å². The Balaban J connectivity index is 3.52. The van der Waals surface area contributed by atoms with Gasteiger partial charge in [-0.05, 0) is 70.6 Å². The molecule has 3 unspecified atom stereocenters. The lowest BCUT2D eigenvalue weighted by atomic mass is 10.0. The second-order valence-corrected chi connectivity index (χ2v) is 23.1. The first-order valence-corrected chi connectivity index (χ1v) is 33.4. The summed E-state index contributed by atoms with van der Waals surface area (Å²) >= 11 is 0. The second-order valence-electron chi connectivity index (χ2n) is 23.1. The van der Waals surface area contributed by atoms with Crippen LogP contribution in [0, 0.1) is 0 Å². The predicted molar refractivity (Wildman–Crippen MR) is 328 cm³/mol. The van der Waals surface area contributed by atoms with Crippen LogP contribution in [-0.4, -0.2) is 46.1 Å². The van der Waals surface area contributed by atoms with Gasteiger partial charge < -0.3 is 20.6 Å². The molecule has 0 aliphatic heterocycles. The van der Waals surface area contributed by atoms with Crippen LogP contribution >= 0.6 is 0 Å². The molecule has 0 spiro atoms. The molecule has 0 aliphatic carbocycles. The number of rotatable bonds is 62. The van der Waals surface area contributed by atoms with Crippen molar-refractivity contribution in [3.63, 3.8) is 0 Å². The third-order valence-electron chi connectivity index (χ3n) is 15.6. The Morgan fingerprint density at radius 2 is 0.581 bits per heavy atom. The van der Waals surface area contributed by atoms with Crippen LogP contribution in [0.4, 0.5) is 0 Å². The third kappa shape index (κ3) is 59.6. The summed E-state index contributed by atoms with van der Waals surface area (Å²) in [4.78, 5) is 12.6. The topological polar surface area (TPSA) is 89.8 Å². The lowest BCUT2D eigenvalue weighted by Gasteiger charge is -2.21. The van der Waals surface area contributed by atoms with Gasteiger partial charge in [0.1, 0.15) is 0 Å². The number of carbonyl (C=O) groups is 1. The standard InChI is InChI=1S/C69H131NO4/c1-3-5-7-9-11-13-15-17-19-21-23-25-27-28-29-30-31-32-33-34-35-36-37-38-39-40-41-42-44-46-48-50-52-54-56-58-60-62-66(72)64-69(74)70-67(65-71)68(73)63-61-59-57-55-53-51-49-47-45-43-26-24-22-20-18-16-14-12-10-8-6-4-2/h34-35,45,47,53,55,61,63,66-68,71-73H,3-33,36-44,46,48-52,54,56-60,62,64-65H2,1-2H3,(H,70,74)/b35-34-,47-45+,55-53+,63-61+. The number of aliphatic hydroxyl groups excluding tert-OH is 3. The fourth-order valence-electron chi connectivity index (χ4n) is 10.5. The van der Waals surface area contributed by atoms with E-state index in [2.05, 4.69) is 55.6 Å². The zero-order valence-corrected chi connectivity index (χ0v) is 50.0. The molecule has 5 nitrogen and oxygen atoms in total. The van der Waals surface area contributed by atoms with Crippen molar-refractivity contribution >= 4 is 5.91 Å². The molecular formula is C69H131NO4. The third-order valence-corrected chi connectivity index (χ3v) is 15.6. The largest absolute Gasteiger partial charge is 0.394 e. The molecule has 0 radical (unpaired) electrons. The fourth-order valence-corrected chi connectivity index (χ4v) is 10.5. The molecule has 0 heterocycles. The minimum Gasteiger partial charge on any atom is -0.394 e. The molecule has 0 aromatic rings. The molecule has 0 aliphatic rings. The summed E-state index contributed by atoms with van der Waals surface area (Å²) in [5.74, 6) is -0.325. The van der Waals surface area contributed by atoms with Gasteiger partial charge in [0, 0.05) is 0 Å². The molecule has 0 fully saturated rings. The Labute approximate surface area is 463 Å². The number of amides is 1. The maximum atomic E-state index is 12.6. The minimum atomic E-state index is -0.962. The van der Waals surface area contributed by atoms with Gasteiger partial charge >= 0.3 is 0 Å². The Morgan fingerprint density at radius 1 is 0.338 bits per heavy atom. The van der Waals surface area contributed by atoms with Gasteiger partial charge in [-0.15, -0.1) is 0 Å². The molecule has 5 heteroatoms. The summed E-state index contributed by atoms with van der Waals surface area (Å²) in [6.07, 6.45) is 86.4. The van der Waals surface area contributed by atoms with Crippen LogP contribution in [0.25, 0.3) is 0 Å². The number of hydrogen-bond donors (Lipinski definition) is 4. The molecule has 0 saturated carbocycles. The Bertz CT molecular complexity index is 1190. The number of allylic oxidation sites excluding steroid dienone is 7. The number of hydrogen-bond acceptors (Lipinski definition) is 4. The monoisotopic (exact) mass is 1040 g/mol. The summed E-state index contributed by atoms with van der Waals surface area (Å²) in [5.41, 5.74) is 0. The van der Waals surface area contributed by atoms with Crippen LogP contribution < -0.4 is 5.32 Å². The molecule has 0 aromatic carbocycles. The van der Waals surface area contributed by atoms with E-state index in [0.29, 0.717) is 6.42 Å². The maximum Gasteiger partial charge on any atom is 0.222 e. The van der Waals surface area contributed by atoms with E-state index < -0.39 is 18.2 Å². The number of nitrogens with one attached hydrogen (secondary N) is 1.